The molecule has 0 amide bonds. The monoisotopic (exact) mass is 576 g/mol. The molecule has 0 aromatic carbocycles. The maximum absolute atomic E-state index is 10.5. The van der Waals surface area contributed by atoms with Crippen LogP contribution >= 0.6 is 0 Å². The Morgan fingerprint density at radius 3 is 2.39 bits per heavy atom. The lowest BCUT2D eigenvalue weighted by Crippen LogP contribution is -2.60. The molecule has 0 radical (unpaired) electrons. The second kappa shape index (κ2) is 12.5. The molecule has 1 saturated heterocycles. The van der Waals surface area contributed by atoms with E-state index in [1.54, 1.807) is 0 Å². The number of hydrogen-bond acceptors (Lipinski definition) is 6. The summed E-state index contributed by atoms with van der Waals surface area (Å²) in [6, 6.07) is 0. The SMILES string of the molecule is CC[C@@H](CC[C@H](C)[C@H]1CC[C@H]2[C@@H]3CC=C4C[C@@H](O[C@H]5O[C@@H](CO)[C@@H](O)[C@@H](O)[C@H]5O)CC[C@]4(C)[C@H]3CC[C@]12C)C(C)C. The van der Waals surface area contributed by atoms with Crippen molar-refractivity contribution in [1.29, 1.82) is 0 Å². The third-order valence-corrected chi connectivity index (χ3v) is 13.5. The van der Waals surface area contributed by atoms with E-state index in [2.05, 4.69) is 47.6 Å². The molecule has 1 heterocycles. The van der Waals surface area contributed by atoms with Gasteiger partial charge in [-0.2, -0.15) is 0 Å². The molecule has 4 aliphatic carbocycles. The summed E-state index contributed by atoms with van der Waals surface area (Å²) in [5.41, 5.74) is 2.19. The summed E-state index contributed by atoms with van der Waals surface area (Å²) in [7, 11) is 0. The summed E-state index contributed by atoms with van der Waals surface area (Å²) in [6.07, 6.45) is 9.92. The smallest absolute Gasteiger partial charge is 0.186 e. The molecule has 41 heavy (non-hydrogen) atoms. The van der Waals surface area contributed by atoms with Crippen molar-refractivity contribution in [3.05, 3.63) is 11.6 Å². The van der Waals surface area contributed by atoms with Crippen molar-refractivity contribution in [2.24, 2.45) is 52.3 Å². The molecule has 14 atom stereocenters. The zero-order valence-electron chi connectivity index (χ0n) is 26.7. The van der Waals surface area contributed by atoms with Gasteiger partial charge in [0.15, 0.2) is 6.29 Å². The van der Waals surface area contributed by atoms with E-state index in [0.29, 0.717) is 5.41 Å². The molecule has 6 nitrogen and oxygen atoms in total. The number of rotatable bonds is 9. The van der Waals surface area contributed by atoms with Crippen LogP contribution in [0.4, 0.5) is 0 Å². The average molecular weight is 577 g/mol. The lowest BCUT2D eigenvalue weighted by molar-refractivity contribution is -0.313. The van der Waals surface area contributed by atoms with Crippen molar-refractivity contribution >= 4 is 0 Å². The minimum Gasteiger partial charge on any atom is -0.394 e. The Bertz CT molecular complexity index is 918. The van der Waals surface area contributed by atoms with Gasteiger partial charge in [-0.05, 0) is 110 Å². The lowest BCUT2D eigenvalue weighted by Gasteiger charge is -2.58. The molecule has 0 aromatic rings. The van der Waals surface area contributed by atoms with Gasteiger partial charge in [0.25, 0.3) is 0 Å². The van der Waals surface area contributed by atoms with Gasteiger partial charge in [0.05, 0.1) is 12.7 Å². The molecule has 5 aliphatic rings. The van der Waals surface area contributed by atoms with Gasteiger partial charge in [0.1, 0.15) is 24.4 Å². The van der Waals surface area contributed by atoms with E-state index in [0.717, 1.165) is 60.7 Å². The van der Waals surface area contributed by atoms with Gasteiger partial charge in [0.2, 0.25) is 0 Å². The average Bonchev–Trinajstić information content (AvgIpc) is 3.30. The topological polar surface area (TPSA) is 99.4 Å². The van der Waals surface area contributed by atoms with Crippen molar-refractivity contribution in [2.75, 3.05) is 6.61 Å². The van der Waals surface area contributed by atoms with Gasteiger partial charge >= 0.3 is 0 Å². The quantitative estimate of drug-likeness (QED) is 0.257. The van der Waals surface area contributed by atoms with Crippen LogP contribution in [0, 0.1) is 52.3 Å². The summed E-state index contributed by atoms with van der Waals surface area (Å²) >= 11 is 0. The first-order valence-corrected chi connectivity index (χ1v) is 17.1. The molecule has 5 rings (SSSR count). The van der Waals surface area contributed by atoms with Crippen LogP contribution in [0.3, 0.4) is 0 Å². The Balaban J connectivity index is 1.24. The van der Waals surface area contributed by atoms with Gasteiger partial charge in [-0.25, -0.2) is 0 Å². The second-order valence-electron chi connectivity index (χ2n) is 15.7. The molecule has 0 aromatic heterocycles. The predicted molar refractivity (Wildman–Crippen MR) is 161 cm³/mol. The second-order valence-corrected chi connectivity index (χ2v) is 15.7. The van der Waals surface area contributed by atoms with E-state index >= 15 is 0 Å². The highest BCUT2D eigenvalue weighted by molar-refractivity contribution is 5.25. The number of aliphatic hydroxyl groups is 4. The van der Waals surface area contributed by atoms with E-state index in [9.17, 15) is 20.4 Å². The summed E-state index contributed by atoms with van der Waals surface area (Å²) in [6.45, 7) is 14.5. The van der Waals surface area contributed by atoms with Crippen LogP contribution in [-0.4, -0.2) is 63.8 Å². The molecule has 3 saturated carbocycles. The van der Waals surface area contributed by atoms with Crippen LogP contribution in [0.25, 0.3) is 0 Å². The molecular formula is C35H60O6. The zero-order valence-corrected chi connectivity index (χ0v) is 26.7. The lowest BCUT2D eigenvalue weighted by atomic mass is 9.47. The van der Waals surface area contributed by atoms with Crippen LogP contribution in [0.5, 0.6) is 0 Å². The van der Waals surface area contributed by atoms with Gasteiger partial charge < -0.3 is 29.9 Å². The molecule has 0 spiro atoms. The highest BCUT2D eigenvalue weighted by Gasteiger charge is 2.59. The molecule has 236 valence electrons. The molecule has 4 fully saturated rings. The van der Waals surface area contributed by atoms with E-state index in [4.69, 9.17) is 9.47 Å². The number of hydrogen-bond donors (Lipinski definition) is 4. The fourth-order valence-corrected chi connectivity index (χ4v) is 10.8. The molecule has 4 N–H and O–H groups in total. The molecule has 1 aliphatic heterocycles. The first-order chi connectivity index (χ1) is 19.4. The highest BCUT2D eigenvalue weighted by atomic mass is 16.7. The van der Waals surface area contributed by atoms with Crippen LogP contribution < -0.4 is 0 Å². The standard InChI is InChI=1S/C35H60O6/c1-7-22(20(2)3)9-8-21(4)26-12-13-27-25-11-10-23-18-24(14-16-34(23,5)28(25)15-17-35(26,27)6)40-33-32(39)31(38)30(37)29(19-36)41-33/h10,20-22,24-33,36-39H,7-9,11-19H2,1-6H3/t21-,22-,24-,25-,26+,27-,28-,29-,30+,31+,32+,33-,34-,35+/m0/s1. The molecular weight excluding hydrogens is 516 g/mol. The minimum atomic E-state index is -1.40. The first-order valence-electron chi connectivity index (χ1n) is 17.1. The molecule has 0 bridgehead atoms. The van der Waals surface area contributed by atoms with Crippen LogP contribution in [0.1, 0.15) is 112 Å². The summed E-state index contributed by atoms with van der Waals surface area (Å²) in [5, 5.41) is 40.4. The fraction of sp³-hybridized carbons (Fsp3) is 0.943. The third-order valence-electron chi connectivity index (χ3n) is 13.5. The summed E-state index contributed by atoms with van der Waals surface area (Å²) in [5.74, 6) is 5.66. The predicted octanol–water partition coefficient (Wildman–Crippen LogP) is 5.85. The van der Waals surface area contributed by atoms with Crippen molar-refractivity contribution in [2.45, 2.75) is 149 Å². The van der Waals surface area contributed by atoms with Crippen molar-refractivity contribution < 1.29 is 29.9 Å². The Hall–Kier alpha value is -0.500. The van der Waals surface area contributed by atoms with Crippen LogP contribution in [0.15, 0.2) is 11.6 Å². The van der Waals surface area contributed by atoms with E-state index in [-0.39, 0.29) is 11.5 Å². The number of aliphatic hydroxyl groups excluding tert-OH is 4. The number of allylic oxidation sites excluding steroid dienone is 1. The van der Waals surface area contributed by atoms with E-state index in [1.165, 1.54) is 56.9 Å². The zero-order chi connectivity index (χ0) is 29.7. The minimum absolute atomic E-state index is 0.101. The van der Waals surface area contributed by atoms with E-state index in [1.807, 2.05) is 0 Å². The summed E-state index contributed by atoms with van der Waals surface area (Å²) < 4.78 is 11.9. The third kappa shape index (κ3) is 5.73. The van der Waals surface area contributed by atoms with Gasteiger partial charge in [-0.1, -0.05) is 66.0 Å². The highest BCUT2D eigenvalue weighted by Crippen LogP contribution is 2.67. The molecule has 0 unspecified atom stereocenters. The van der Waals surface area contributed by atoms with Crippen LogP contribution in [-0.2, 0) is 9.47 Å². The first kappa shape index (κ1) is 31.9. The van der Waals surface area contributed by atoms with Crippen molar-refractivity contribution in [1.82, 2.24) is 0 Å². The Morgan fingerprint density at radius 1 is 0.951 bits per heavy atom. The largest absolute Gasteiger partial charge is 0.394 e. The number of fused-ring (bicyclic) bond motifs is 5. The van der Waals surface area contributed by atoms with Gasteiger partial charge in [0, 0.05) is 0 Å². The van der Waals surface area contributed by atoms with Gasteiger partial charge in [-0.15, -0.1) is 0 Å². The van der Waals surface area contributed by atoms with Crippen molar-refractivity contribution in [3.63, 3.8) is 0 Å². The summed E-state index contributed by atoms with van der Waals surface area (Å²) in [4.78, 5) is 0. The van der Waals surface area contributed by atoms with Crippen LogP contribution in [0.2, 0.25) is 0 Å². The Labute approximate surface area is 249 Å². The Kier molecular flexibility index (Phi) is 9.71. The Morgan fingerprint density at radius 2 is 1.71 bits per heavy atom. The normalized spacial score (nSPS) is 47.7. The number of ether oxygens (including phenoxy) is 2. The van der Waals surface area contributed by atoms with Gasteiger partial charge in [-0.3, -0.25) is 0 Å². The van der Waals surface area contributed by atoms with E-state index < -0.39 is 37.3 Å². The molecule has 6 heteroatoms. The maximum Gasteiger partial charge on any atom is 0.186 e. The maximum atomic E-state index is 10.5. The fourth-order valence-electron chi connectivity index (χ4n) is 10.8. The van der Waals surface area contributed by atoms with Crippen molar-refractivity contribution in [3.8, 4) is 0 Å².